The summed E-state index contributed by atoms with van der Waals surface area (Å²) in [5.41, 5.74) is 0.453. The van der Waals surface area contributed by atoms with Crippen LogP contribution in [0, 0.1) is 0 Å². The molecule has 8 heteroatoms. The first-order valence-electron chi connectivity index (χ1n) is 11.2. The van der Waals surface area contributed by atoms with Gasteiger partial charge in [-0.25, -0.2) is 8.42 Å². The number of amides is 1. The van der Waals surface area contributed by atoms with E-state index in [1.54, 1.807) is 34.8 Å². The van der Waals surface area contributed by atoms with Crippen LogP contribution in [-0.2, 0) is 10.0 Å². The van der Waals surface area contributed by atoms with Crippen LogP contribution < -0.4 is 5.32 Å². The Morgan fingerprint density at radius 3 is 2.19 bits per heavy atom. The molecule has 7 nitrogen and oxygen atoms in total. The molecule has 2 aliphatic rings. The summed E-state index contributed by atoms with van der Waals surface area (Å²) >= 11 is 0. The molecule has 1 aromatic carbocycles. The first kappa shape index (κ1) is 22.0. The molecule has 4 rings (SSSR count). The van der Waals surface area contributed by atoms with Crippen LogP contribution in [0.3, 0.4) is 0 Å². The highest BCUT2D eigenvalue weighted by molar-refractivity contribution is 7.89. The van der Waals surface area contributed by atoms with E-state index in [9.17, 15) is 13.2 Å². The number of benzene rings is 1. The molecule has 1 N–H and O–H groups in total. The van der Waals surface area contributed by atoms with Gasteiger partial charge >= 0.3 is 0 Å². The highest BCUT2D eigenvalue weighted by Crippen LogP contribution is 2.25. The predicted molar refractivity (Wildman–Crippen MR) is 118 cm³/mol. The lowest BCUT2D eigenvalue weighted by atomic mass is 10.1. The molecule has 0 bridgehead atoms. The second-order valence-electron chi connectivity index (χ2n) is 8.33. The molecule has 2 aliphatic heterocycles. The number of likely N-dealkylation sites (tertiary alicyclic amines) is 1. The van der Waals surface area contributed by atoms with Crippen molar-refractivity contribution in [3.63, 3.8) is 0 Å². The Kier molecular flexibility index (Phi) is 7.09. The first-order valence-corrected chi connectivity index (χ1v) is 12.7. The molecule has 31 heavy (non-hydrogen) atoms. The van der Waals surface area contributed by atoms with Crippen LogP contribution in [0.25, 0.3) is 0 Å². The van der Waals surface area contributed by atoms with Gasteiger partial charge in [-0.1, -0.05) is 12.8 Å². The minimum atomic E-state index is -3.51. The number of hydrogen-bond donors (Lipinski definition) is 1. The maximum atomic E-state index is 12.9. The number of carbonyl (C=O) groups is 1. The summed E-state index contributed by atoms with van der Waals surface area (Å²) in [6.07, 6.45) is 7.89. The Morgan fingerprint density at radius 2 is 1.58 bits per heavy atom. The zero-order valence-corrected chi connectivity index (χ0v) is 18.6. The lowest BCUT2D eigenvalue weighted by molar-refractivity contribution is 0.0933. The number of rotatable bonds is 7. The van der Waals surface area contributed by atoms with E-state index in [2.05, 4.69) is 10.2 Å². The standard InChI is InChI=1S/C23H31N3O4S/c27-23(24-18-21(22-8-7-17-30-22)25-13-5-6-14-25)19-9-11-20(12-10-19)31(28,29)26-15-3-1-2-4-16-26/h7-12,17,21H,1-6,13-16,18H2,(H,24,27). The van der Waals surface area contributed by atoms with E-state index in [1.165, 1.54) is 0 Å². The maximum absolute atomic E-state index is 12.9. The molecule has 168 valence electrons. The van der Waals surface area contributed by atoms with Gasteiger partial charge in [0.1, 0.15) is 5.76 Å². The highest BCUT2D eigenvalue weighted by Gasteiger charge is 2.27. The van der Waals surface area contributed by atoms with Gasteiger partial charge in [0.05, 0.1) is 17.2 Å². The number of nitrogens with zero attached hydrogens (tertiary/aromatic N) is 2. The van der Waals surface area contributed by atoms with Gasteiger partial charge in [-0.3, -0.25) is 9.69 Å². The van der Waals surface area contributed by atoms with Crippen LogP contribution in [0.4, 0.5) is 0 Å². The van der Waals surface area contributed by atoms with E-state index >= 15 is 0 Å². The van der Waals surface area contributed by atoms with E-state index in [4.69, 9.17) is 4.42 Å². The van der Waals surface area contributed by atoms with Gasteiger partial charge in [0.15, 0.2) is 0 Å². The lowest BCUT2D eigenvalue weighted by Gasteiger charge is -2.26. The summed E-state index contributed by atoms with van der Waals surface area (Å²) in [6.45, 7) is 3.55. The molecular weight excluding hydrogens is 414 g/mol. The molecule has 1 atom stereocenters. The van der Waals surface area contributed by atoms with Crippen molar-refractivity contribution in [2.75, 3.05) is 32.7 Å². The molecule has 3 heterocycles. The van der Waals surface area contributed by atoms with Crippen molar-refractivity contribution in [2.45, 2.75) is 49.5 Å². The summed E-state index contributed by atoms with van der Waals surface area (Å²) in [7, 11) is -3.51. The second kappa shape index (κ2) is 9.97. The topological polar surface area (TPSA) is 82.9 Å². The Bertz CT molecular complexity index is 943. The molecule has 0 radical (unpaired) electrons. The highest BCUT2D eigenvalue weighted by atomic mass is 32.2. The van der Waals surface area contributed by atoms with Gasteiger partial charge in [-0.15, -0.1) is 0 Å². The van der Waals surface area contributed by atoms with E-state index in [1.807, 2.05) is 12.1 Å². The Morgan fingerprint density at radius 1 is 0.935 bits per heavy atom. The molecule has 2 aromatic rings. The number of carbonyl (C=O) groups excluding carboxylic acids is 1. The van der Waals surface area contributed by atoms with Crippen LogP contribution in [0.1, 0.15) is 60.7 Å². The van der Waals surface area contributed by atoms with Gasteiger partial charge in [0, 0.05) is 25.2 Å². The van der Waals surface area contributed by atoms with Gasteiger partial charge in [-0.2, -0.15) is 4.31 Å². The van der Waals surface area contributed by atoms with Gasteiger partial charge in [-0.05, 0) is 75.2 Å². The van der Waals surface area contributed by atoms with Gasteiger partial charge < -0.3 is 9.73 Å². The SMILES string of the molecule is O=C(NCC(c1ccco1)N1CCCC1)c1ccc(S(=O)(=O)N2CCCCCC2)cc1. The quantitative estimate of drug-likeness (QED) is 0.706. The fourth-order valence-electron chi connectivity index (χ4n) is 4.44. The van der Waals surface area contributed by atoms with Crippen molar-refractivity contribution >= 4 is 15.9 Å². The van der Waals surface area contributed by atoms with Crippen LogP contribution in [0.15, 0.2) is 52.0 Å². The van der Waals surface area contributed by atoms with E-state index < -0.39 is 10.0 Å². The molecule has 2 saturated heterocycles. The normalized spacial score (nSPS) is 19.7. The number of furan rings is 1. The zero-order chi connectivity index (χ0) is 21.7. The molecule has 1 amide bonds. The monoisotopic (exact) mass is 445 g/mol. The minimum absolute atomic E-state index is 0.00383. The zero-order valence-electron chi connectivity index (χ0n) is 17.8. The number of nitrogens with one attached hydrogen (secondary N) is 1. The summed E-state index contributed by atoms with van der Waals surface area (Å²) in [5, 5.41) is 2.99. The van der Waals surface area contributed by atoms with Gasteiger partial charge in [0.25, 0.3) is 5.91 Å². The fraction of sp³-hybridized carbons (Fsp3) is 0.522. The minimum Gasteiger partial charge on any atom is -0.468 e. The largest absolute Gasteiger partial charge is 0.468 e. The van der Waals surface area contributed by atoms with Crippen molar-refractivity contribution in [2.24, 2.45) is 0 Å². The van der Waals surface area contributed by atoms with E-state index in [0.29, 0.717) is 25.2 Å². The van der Waals surface area contributed by atoms with Crippen molar-refractivity contribution in [1.82, 2.24) is 14.5 Å². The van der Waals surface area contributed by atoms with Crippen LogP contribution in [0.2, 0.25) is 0 Å². The van der Waals surface area contributed by atoms with Gasteiger partial charge in [0.2, 0.25) is 10.0 Å². The van der Waals surface area contributed by atoms with E-state index in [-0.39, 0.29) is 16.8 Å². The molecule has 0 saturated carbocycles. The molecule has 0 spiro atoms. The molecule has 1 unspecified atom stereocenters. The predicted octanol–water partition coefficient (Wildman–Crippen LogP) is 3.41. The van der Waals surface area contributed by atoms with E-state index in [0.717, 1.165) is 57.4 Å². The first-order chi connectivity index (χ1) is 15.1. The van der Waals surface area contributed by atoms with Crippen molar-refractivity contribution in [1.29, 1.82) is 0 Å². The molecule has 1 aromatic heterocycles. The number of hydrogen-bond acceptors (Lipinski definition) is 5. The van der Waals surface area contributed by atoms with Crippen LogP contribution in [-0.4, -0.2) is 56.3 Å². The third-order valence-corrected chi connectivity index (χ3v) is 8.14. The lowest BCUT2D eigenvalue weighted by Crippen LogP contribution is -2.36. The maximum Gasteiger partial charge on any atom is 0.251 e. The third kappa shape index (κ3) is 5.19. The third-order valence-electron chi connectivity index (χ3n) is 6.23. The van der Waals surface area contributed by atoms with Crippen molar-refractivity contribution < 1.29 is 17.6 Å². The Balaban J connectivity index is 1.41. The van der Waals surface area contributed by atoms with Crippen molar-refractivity contribution in [3.8, 4) is 0 Å². The summed E-state index contributed by atoms with van der Waals surface area (Å²) < 4.78 is 33.0. The van der Waals surface area contributed by atoms with Crippen molar-refractivity contribution in [3.05, 3.63) is 54.0 Å². The molecular formula is C23H31N3O4S. The summed E-state index contributed by atoms with van der Waals surface area (Å²) in [6, 6.07) is 10.1. The average molecular weight is 446 g/mol. The summed E-state index contributed by atoms with van der Waals surface area (Å²) in [5.74, 6) is 0.635. The molecule has 2 fully saturated rings. The second-order valence-corrected chi connectivity index (χ2v) is 10.3. The Labute approximate surface area is 184 Å². The number of sulfonamides is 1. The fourth-order valence-corrected chi connectivity index (χ4v) is 5.96. The molecule has 0 aliphatic carbocycles. The average Bonchev–Trinajstić information content (AvgIpc) is 3.44. The van der Waals surface area contributed by atoms with Crippen LogP contribution in [0.5, 0.6) is 0 Å². The summed E-state index contributed by atoms with van der Waals surface area (Å²) in [4.78, 5) is 15.3. The van der Waals surface area contributed by atoms with Crippen LogP contribution >= 0.6 is 0 Å². The Hall–Kier alpha value is -2.16. The smallest absolute Gasteiger partial charge is 0.251 e.